The molecule has 0 saturated carbocycles. The lowest BCUT2D eigenvalue weighted by Crippen LogP contribution is -2.17. The van der Waals surface area contributed by atoms with Gasteiger partial charge in [0.2, 0.25) is 5.95 Å². The summed E-state index contributed by atoms with van der Waals surface area (Å²) in [5.41, 5.74) is 8.33. The number of benzene rings is 1. The van der Waals surface area contributed by atoms with Gasteiger partial charge in [-0.2, -0.15) is 4.98 Å². The molecule has 3 N–H and O–H groups in total. The molecular formula is C16H14N6OS. The summed E-state index contributed by atoms with van der Waals surface area (Å²) < 4.78 is 2.04. The molecule has 0 saturated heterocycles. The number of rotatable bonds is 2. The van der Waals surface area contributed by atoms with Crippen molar-refractivity contribution in [1.82, 2.24) is 19.5 Å². The lowest BCUT2D eigenvalue weighted by molar-refractivity contribution is 0.966. The first kappa shape index (κ1) is 14.6. The summed E-state index contributed by atoms with van der Waals surface area (Å²) in [5, 5.41) is 3.49. The van der Waals surface area contributed by atoms with Crippen molar-refractivity contribution in [2.75, 3.05) is 18.1 Å². The molecule has 0 aliphatic rings. The number of hydrogen-bond acceptors (Lipinski definition) is 7. The van der Waals surface area contributed by atoms with Gasteiger partial charge in [0.15, 0.2) is 0 Å². The number of anilines is 2. The van der Waals surface area contributed by atoms with E-state index in [1.54, 1.807) is 7.05 Å². The Morgan fingerprint density at radius 1 is 1.21 bits per heavy atom. The number of fused-ring (bicyclic) bond motifs is 3. The molecule has 24 heavy (non-hydrogen) atoms. The van der Waals surface area contributed by atoms with Crippen LogP contribution in [0, 0.1) is 6.92 Å². The van der Waals surface area contributed by atoms with Crippen LogP contribution in [0.25, 0.3) is 26.1 Å². The van der Waals surface area contributed by atoms with Crippen LogP contribution in [-0.2, 0) is 0 Å². The number of thiophene rings is 1. The van der Waals surface area contributed by atoms with Gasteiger partial charge in [0.1, 0.15) is 27.2 Å². The first-order chi connectivity index (χ1) is 11.6. The van der Waals surface area contributed by atoms with Crippen molar-refractivity contribution in [2.24, 2.45) is 0 Å². The molecule has 1 aromatic carbocycles. The fourth-order valence-electron chi connectivity index (χ4n) is 2.56. The maximum Gasteiger partial charge on any atom is 0.275 e. The average Bonchev–Trinajstić information content (AvgIpc) is 2.96. The predicted molar refractivity (Wildman–Crippen MR) is 97.0 cm³/mol. The van der Waals surface area contributed by atoms with Crippen molar-refractivity contribution in [3.63, 3.8) is 0 Å². The highest BCUT2D eigenvalue weighted by Gasteiger charge is 2.17. The molecule has 7 nitrogen and oxygen atoms in total. The topological polar surface area (TPSA) is 98.7 Å². The van der Waals surface area contributed by atoms with Crippen molar-refractivity contribution < 1.29 is 0 Å². The molecule has 3 heterocycles. The Labute approximate surface area is 140 Å². The molecule has 0 spiro atoms. The van der Waals surface area contributed by atoms with Crippen LogP contribution in [-0.4, -0.2) is 26.6 Å². The van der Waals surface area contributed by atoms with Gasteiger partial charge in [-0.05, 0) is 19.1 Å². The van der Waals surface area contributed by atoms with Gasteiger partial charge in [-0.1, -0.05) is 17.7 Å². The van der Waals surface area contributed by atoms with E-state index < -0.39 is 0 Å². The molecule has 8 heteroatoms. The number of nitrogen functional groups attached to an aromatic ring is 1. The summed E-state index contributed by atoms with van der Waals surface area (Å²) in [6, 6.07) is 7.70. The summed E-state index contributed by atoms with van der Waals surface area (Å²) in [5.74, 6) is 0.737. The fourth-order valence-corrected chi connectivity index (χ4v) is 3.62. The molecule has 4 rings (SSSR count). The Morgan fingerprint density at radius 3 is 2.67 bits per heavy atom. The fraction of sp³-hybridized carbons (Fsp3) is 0.125. The van der Waals surface area contributed by atoms with E-state index in [0.29, 0.717) is 32.2 Å². The number of nitrogens with zero attached hydrogens (tertiary/aromatic N) is 4. The molecule has 0 bridgehead atoms. The van der Waals surface area contributed by atoms with Crippen molar-refractivity contribution in [1.29, 1.82) is 0 Å². The van der Waals surface area contributed by atoms with Gasteiger partial charge < -0.3 is 11.1 Å². The Kier molecular flexibility index (Phi) is 3.20. The number of aryl methyl sites for hydroxylation is 1. The third-order valence-electron chi connectivity index (χ3n) is 3.81. The molecule has 0 atom stereocenters. The first-order valence-corrected chi connectivity index (χ1v) is 8.12. The third kappa shape index (κ3) is 2.11. The van der Waals surface area contributed by atoms with Gasteiger partial charge in [0.25, 0.3) is 5.56 Å². The zero-order valence-corrected chi connectivity index (χ0v) is 13.9. The zero-order chi connectivity index (χ0) is 16.8. The minimum Gasteiger partial charge on any atom is -0.383 e. The van der Waals surface area contributed by atoms with Gasteiger partial charge in [0, 0.05) is 7.05 Å². The van der Waals surface area contributed by atoms with Gasteiger partial charge in [0.05, 0.1) is 11.1 Å². The van der Waals surface area contributed by atoms with Crippen LogP contribution < -0.4 is 16.6 Å². The van der Waals surface area contributed by atoms with Crippen LogP contribution in [0.2, 0.25) is 0 Å². The van der Waals surface area contributed by atoms with E-state index in [4.69, 9.17) is 5.73 Å². The minimum absolute atomic E-state index is 0.141. The lowest BCUT2D eigenvalue weighted by Gasteiger charge is -2.05. The highest BCUT2D eigenvalue weighted by atomic mass is 32.1. The van der Waals surface area contributed by atoms with Crippen LogP contribution >= 0.6 is 11.3 Å². The molecule has 0 aliphatic heterocycles. The smallest absolute Gasteiger partial charge is 0.275 e. The lowest BCUT2D eigenvalue weighted by atomic mass is 10.2. The van der Waals surface area contributed by atoms with Crippen molar-refractivity contribution in [3.05, 3.63) is 46.5 Å². The standard InChI is InChI=1S/C16H14N6OS/c1-8-3-5-9(6-4-8)22-7-19-11-10-13(17)20-16(18-2)21-14(10)24-12(11)15(22)23/h3-7H,1-2H3,(H3,17,18,20,21). The largest absolute Gasteiger partial charge is 0.383 e. The molecule has 0 radical (unpaired) electrons. The molecule has 0 aliphatic carbocycles. The van der Waals surface area contributed by atoms with Gasteiger partial charge in [-0.15, -0.1) is 11.3 Å². The molecule has 4 aromatic rings. The van der Waals surface area contributed by atoms with Gasteiger partial charge in [-0.25, -0.2) is 9.97 Å². The Bertz CT molecular complexity index is 1130. The summed E-state index contributed by atoms with van der Waals surface area (Å²) in [7, 11) is 1.72. The van der Waals surface area contributed by atoms with E-state index in [-0.39, 0.29) is 5.56 Å². The van der Waals surface area contributed by atoms with E-state index in [1.807, 2.05) is 31.2 Å². The SMILES string of the molecule is CNc1nc(N)c2c(n1)sc1c(=O)n(-c3ccc(C)cc3)cnc12. The molecular weight excluding hydrogens is 324 g/mol. The van der Waals surface area contributed by atoms with Crippen molar-refractivity contribution >= 4 is 43.5 Å². The van der Waals surface area contributed by atoms with Gasteiger partial charge >= 0.3 is 0 Å². The number of aromatic nitrogens is 4. The van der Waals surface area contributed by atoms with Gasteiger partial charge in [-0.3, -0.25) is 9.36 Å². The van der Waals surface area contributed by atoms with Crippen LogP contribution in [0.1, 0.15) is 5.56 Å². The quantitative estimate of drug-likeness (QED) is 0.582. The average molecular weight is 338 g/mol. The second-order valence-corrected chi connectivity index (χ2v) is 6.40. The molecule has 0 unspecified atom stereocenters. The maximum absolute atomic E-state index is 12.9. The van der Waals surface area contributed by atoms with E-state index >= 15 is 0 Å². The van der Waals surface area contributed by atoms with Crippen molar-refractivity contribution in [3.8, 4) is 5.69 Å². The van der Waals surface area contributed by atoms with Crippen LogP contribution in [0.5, 0.6) is 0 Å². The third-order valence-corrected chi connectivity index (χ3v) is 4.87. The molecule has 0 fully saturated rings. The second kappa shape index (κ2) is 5.27. The van der Waals surface area contributed by atoms with Crippen LogP contribution in [0.3, 0.4) is 0 Å². The Hall–Kier alpha value is -3.00. The highest BCUT2D eigenvalue weighted by Crippen LogP contribution is 2.33. The van der Waals surface area contributed by atoms with E-state index in [9.17, 15) is 4.79 Å². The van der Waals surface area contributed by atoms with E-state index in [0.717, 1.165) is 11.3 Å². The monoisotopic (exact) mass is 338 g/mol. The molecule has 3 aromatic heterocycles. The molecule has 0 amide bonds. The number of nitrogens with one attached hydrogen (secondary N) is 1. The highest BCUT2D eigenvalue weighted by molar-refractivity contribution is 7.25. The Morgan fingerprint density at radius 2 is 1.96 bits per heavy atom. The van der Waals surface area contributed by atoms with Crippen molar-refractivity contribution in [2.45, 2.75) is 6.92 Å². The number of hydrogen-bond donors (Lipinski definition) is 2. The van der Waals surface area contributed by atoms with E-state index in [2.05, 4.69) is 20.3 Å². The van der Waals surface area contributed by atoms with E-state index in [1.165, 1.54) is 22.2 Å². The molecule has 120 valence electrons. The summed E-state index contributed by atoms with van der Waals surface area (Å²) in [4.78, 5) is 26.5. The maximum atomic E-state index is 12.9. The number of nitrogens with two attached hydrogens (primary N) is 1. The summed E-state index contributed by atoms with van der Waals surface area (Å²) >= 11 is 1.28. The second-order valence-electron chi connectivity index (χ2n) is 5.40. The summed E-state index contributed by atoms with van der Waals surface area (Å²) in [6.07, 6.45) is 1.52. The summed E-state index contributed by atoms with van der Waals surface area (Å²) in [6.45, 7) is 2.00. The van der Waals surface area contributed by atoms with Crippen LogP contribution in [0.15, 0.2) is 35.4 Å². The normalized spacial score (nSPS) is 11.2. The van der Waals surface area contributed by atoms with Crippen LogP contribution in [0.4, 0.5) is 11.8 Å². The first-order valence-electron chi connectivity index (χ1n) is 7.30. The Balaban J connectivity index is 2.03. The zero-order valence-electron chi connectivity index (χ0n) is 13.1. The minimum atomic E-state index is -0.141. The predicted octanol–water partition coefficient (Wildman–Crippen LogP) is 2.32.